The minimum atomic E-state index is -3.57. The Morgan fingerprint density at radius 1 is 1.27 bits per heavy atom. The highest BCUT2D eigenvalue weighted by Crippen LogP contribution is 2.27. The molecule has 1 aromatic heterocycles. The van der Waals surface area contributed by atoms with E-state index in [1.807, 2.05) is 17.6 Å². The molecular weight excluding hydrogens is 424 g/mol. The number of carbonyl (C=O) groups is 1. The first-order chi connectivity index (χ1) is 14.5. The first kappa shape index (κ1) is 21.6. The Kier molecular flexibility index (Phi) is 6.66. The molecule has 0 spiro atoms. The molecule has 0 unspecified atom stereocenters. The number of aryl methyl sites for hydroxylation is 1. The fraction of sp³-hybridized carbons (Fsp3) is 0.600. The summed E-state index contributed by atoms with van der Waals surface area (Å²) >= 11 is 1.39. The lowest BCUT2D eigenvalue weighted by Crippen LogP contribution is -2.40. The van der Waals surface area contributed by atoms with Crippen molar-refractivity contribution in [2.45, 2.75) is 55.2 Å². The summed E-state index contributed by atoms with van der Waals surface area (Å²) in [5.74, 6) is 0.329. The number of thioether (sulfide) groups is 1. The number of benzene rings is 1. The number of ether oxygens (including phenoxy) is 1. The van der Waals surface area contributed by atoms with Crippen LogP contribution in [0.2, 0.25) is 0 Å². The summed E-state index contributed by atoms with van der Waals surface area (Å²) in [7, 11) is -3.57. The third-order valence-corrected chi connectivity index (χ3v) is 8.53. The van der Waals surface area contributed by atoms with Gasteiger partial charge in [-0.2, -0.15) is 4.31 Å². The van der Waals surface area contributed by atoms with Gasteiger partial charge in [0, 0.05) is 25.7 Å². The van der Waals surface area contributed by atoms with E-state index in [0.29, 0.717) is 50.2 Å². The first-order valence-electron chi connectivity index (χ1n) is 10.5. The van der Waals surface area contributed by atoms with Crippen LogP contribution in [-0.2, 0) is 26.1 Å². The number of fused-ring (bicyclic) bond motifs is 1. The maximum Gasteiger partial charge on any atom is 0.243 e. The van der Waals surface area contributed by atoms with Gasteiger partial charge in [0.25, 0.3) is 0 Å². The molecule has 2 heterocycles. The van der Waals surface area contributed by atoms with Crippen LogP contribution in [0.25, 0.3) is 11.0 Å². The van der Waals surface area contributed by atoms with E-state index in [1.165, 1.54) is 28.9 Å². The van der Waals surface area contributed by atoms with Crippen LogP contribution in [0, 0.1) is 0 Å². The minimum Gasteiger partial charge on any atom is -0.379 e. The van der Waals surface area contributed by atoms with Crippen LogP contribution in [0.15, 0.2) is 28.3 Å². The fourth-order valence-corrected chi connectivity index (χ4v) is 6.39. The number of nitrogens with zero attached hydrogens (tertiary/aromatic N) is 3. The molecule has 0 bridgehead atoms. The van der Waals surface area contributed by atoms with Gasteiger partial charge >= 0.3 is 0 Å². The van der Waals surface area contributed by atoms with Crippen molar-refractivity contribution >= 4 is 38.7 Å². The van der Waals surface area contributed by atoms with Gasteiger partial charge in [-0.25, -0.2) is 13.4 Å². The van der Waals surface area contributed by atoms with Crippen LogP contribution in [-0.4, -0.2) is 66.3 Å². The van der Waals surface area contributed by atoms with Gasteiger partial charge in [-0.05, 0) is 38.0 Å². The molecule has 1 aromatic carbocycles. The van der Waals surface area contributed by atoms with E-state index in [2.05, 4.69) is 10.3 Å². The predicted octanol–water partition coefficient (Wildman–Crippen LogP) is 2.23. The van der Waals surface area contributed by atoms with Gasteiger partial charge in [-0.1, -0.05) is 24.6 Å². The number of aromatic nitrogens is 2. The number of nitrogens with one attached hydrogen (secondary N) is 1. The van der Waals surface area contributed by atoms with Gasteiger partial charge in [-0.3, -0.25) is 4.79 Å². The van der Waals surface area contributed by atoms with Crippen LogP contribution >= 0.6 is 11.8 Å². The van der Waals surface area contributed by atoms with E-state index in [-0.39, 0.29) is 10.8 Å². The number of hydrogen-bond donors (Lipinski definition) is 1. The Morgan fingerprint density at radius 2 is 2.00 bits per heavy atom. The highest BCUT2D eigenvalue weighted by atomic mass is 32.2. The molecule has 0 radical (unpaired) electrons. The standard InChI is InChI=1S/C20H28N4O4S2/c1-2-24-18-8-7-16(30(26,27)23-9-11-28-12-10-23)13-17(18)22-20(24)29-14-19(25)21-15-5-3-4-6-15/h7-8,13,15H,2-6,9-12,14H2,1H3,(H,21,25). The van der Waals surface area contributed by atoms with Gasteiger partial charge in [0.15, 0.2) is 5.16 Å². The van der Waals surface area contributed by atoms with E-state index < -0.39 is 10.0 Å². The van der Waals surface area contributed by atoms with E-state index in [9.17, 15) is 13.2 Å². The van der Waals surface area contributed by atoms with Crippen molar-refractivity contribution in [3.8, 4) is 0 Å². The predicted molar refractivity (Wildman–Crippen MR) is 116 cm³/mol. The third kappa shape index (κ3) is 4.51. The topological polar surface area (TPSA) is 93.5 Å². The maximum atomic E-state index is 12.9. The Hall–Kier alpha value is -1.62. The summed E-state index contributed by atoms with van der Waals surface area (Å²) in [6.07, 6.45) is 4.48. The molecule has 10 heteroatoms. The van der Waals surface area contributed by atoms with Crippen LogP contribution in [0.5, 0.6) is 0 Å². The molecule has 1 aliphatic carbocycles. The molecule has 2 fully saturated rings. The molecule has 0 atom stereocenters. The molecule has 2 aliphatic rings. The molecule has 1 saturated carbocycles. The molecular formula is C20H28N4O4S2. The number of morpholine rings is 1. The zero-order chi connectivity index (χ0) is 21.1. The molecule has 8 nitrogen and oxygen atoms in total. The fourth-order valence-electron chi connectivity index (χ4n) is 4.07. The second-order valence-electron chi connectivity index (χ2n) is 7.64. The van der Waals surface area contributed by atoms with E-state index in [4.69, 9.17) is 4.74 Å². The van der Waals surface area contributed by atoms with Gasteiger partial charge in [0.05, 0.1) is 34.9 Å². The molecule has 2 aromatic rings. The molecule has 1 amide bonds. The van der Waals surface area contributed by atoms with Crippen LogP contribution in [0.1, 0.15) is 32.6 Å². The number of sulfonamides is 1. The highest BCUT2D eigenvalue weighted by Gasteiger charge is 2.27. The van der Waals surface area contributed by atoms with Crippen LogP contribution in [0.4, 0.5) is 0 Å². The Balaban J connectivity index is 1.52. The SMILES string of the molecule is CCn1c(SCC(=O)NC2CCCC2)nc2cc(S(=O)(=O)N3CCOCC3)ccc21. The number of rotatable bonds is 7. The molecule has 164 valence electrons. The molecule has 1 saturated heterocycles. The number of amides is 1. The van der Waals surface area contributed by atoms with Crippen molar-refractivity contribution in [2.24, 2.45) is 0 Å². The highest BCUT2D eigenvalue weighted by molar-refractivity contribution is 7.99. The van der Waals surface area contributed by atoms with Crippen LogP contribution in [0.3, 0.4) is 0 Å². The summed E-state index contributed by atoms with van der Waals surface area (Å²) in [6.45, 7) is 4.26. The van der Waals surface area contributed by atoms with E-state index in [0.717, 1.165) is 23.5 Å². The first-order valence-corrected chi connectivity index (χ1v) is 12.9. The normalized spacial score (nSPS) is 18.8. The lowest BCUT2D eigenvalue weighted by molar-refractivity contribution is -0.119. The van der Waals surface area contributed by atoms with Gasteiger partial charge in [0.2, 0.25) is 15.9 Å². The van der Waals surface area contributed by atoms with Crippen molar-refractivity contribution < 1.29 is 17.9 Å². The Bertz CT molecular complexity index is 1010. The van der Waals surface area contributed by atoms with Gasteiger partial charge < -0.3 is 14.6 Å². The average Bonchev–Trinajstić information content (AvgIpc) is 3.39. The smallest absolute Gasteiger partial charge is 0.243 e. The third-order valence-electron chi connectivity index (χ3n) is 5.66. The second-order valence-corrected chi connectivity index (χ2v) is 10.5. The lowest BCUT2D eigenvalue weighted by atomic mass is 10.2. The summed E-state index contributed by atoms with van der Waals surface area (Å²) < 4.78 is 34.6. The Morgan fingerprint density at radius 3 is 2.70 bits per heavy atom. The zero-order valence-electron chi connectivity index (χ0n) is 17.2. The molecule has 4 rings (SSSR count). The summed E-state index contributed by atoms with van der Waals surface area (Å²) in [4.78, 5) is 17.2. The molecule has 1 aliphatic heterocycles. The Labute approximate surface area is 181 Å². The second kappa shape index (κ2) is 9.25. The van der Waals surface area contributed by atoms with Crippen molar-refractivity contribution in [1.29, 1.82) is 0 Å². The van der Waals surface area contributed by atoms with Crippen molar-refractivity contribution in [2.75, 3.05) is 32.1 Å². The summed E-state index contributed by atoms with van der Waals surface area (Å²) in [5.41, 5.74) is 1.50. The van der Waals surface area contributed by atoms with Gasteiger partial charge in [0.1, 0.15) is 0 Å². The monoisotopic (exact) mass is 452 g/mol. The quantitative estimate of drug-likeness (QED) is 0.648. The van der Waals surface area contributed by atoms with E-state index in [1.54, 1.807) is 12.1 Å². The van der Waals surface area contributed by atoms with Crippen molar-refractivity contribution in [1.82, 2.24) is 19.2 Å². The number of imidazole rings is 1. The zero-order valence-corrected chi connectivity index (χ0v) is 18.8. The summed E-state index contributed by atoms with van der Waals surface area (Å²) in [5, 5.41) is 3.83. The average molecular weight is 453 g/mol. The number of carbonyl (C=O) groups excluding carboxylic acids is 1. The van der Waals surface area contributed by atoms with Crippen molar-refractivity contribution in [3.05, 3.63) is 18.2 Å². The summed E-state index contributed by atoms with van der Waals surface area (Å²) in [6, 6.07) is 5.38. The van der Waals surface area contributed by atoms with E-state index >= 15 is 0 Å². The van der Waals surface area contributed by atoms with Crippen molar-refractivity contribution in [3.63, 3.8) is 0 Å². The largest absolute Gasteiger partial charge is 0.379 e. The minimum absolute atomic E-state index is 0.0252. The van der Waals surface area contributed by atoms with Crippen LogP contribution < -0.4 is 5.32 Å². The molecule has 1 N–H and O–H groups in total. The molecule has 30 heavy (non-hydrogen) atoms. The van der Waals surface area contributed by atoms with Gasteiger partial charge in [-0.15, -0.1) is 0 Å². The maximum absolute atomic E-state index is 12.9. The lowest BCUT2D eigenvalue weighted by Gasteiger charge is -2.26. The number of hydrogen-bond acceptors (Lipinski definition) is 6.